The van der Waals surface area contributed by atoms with Gasteiger partial charge in [0.1, 0.15) is 0 Å². The van der Waals surface area contributed by atoms with Crippen molar-refractivity contribution in [2.75, 3.05) is 0 Å². The molecule has 2 aromatic heterocycles. The number of halogens is 5. The first-order valence-electron chi connectivity index (χ1n) is 15.8. The van der Waals surface area contributed by atoms with Crippen molar-refractivity contribution in [3.8, 4) is 63.1 Å². The van der Waals surface area contributed by atoms with E-state index in [1.807, 2.05) is 0 Å². The summed E-state index contributed by atoms with van der Waals surface area (Å²) < 4.78 is 73.8. The van der Waals surface area contributed by atoms with Gasteiger partial charge in [0.2, 0.25) is 5.82 Å². The predicted octanol–water partition coefficient (Wildman–Crippen LogP) is 10.3. The van der Waals surface area contributed by atoms with Crippen molar-refractivity contribution < 1.29 is 22.0 Å². The van der Waals surface area contributed by atoms with E-state index in [-0.39, 0.29) is 27.8 Å². The van der Waals surface area contributed by atoms with Crippen LogP contribution in [0.5, 0.6) is 0 Å². The fourth-order valence-corrected chi connectivity index (χ4v) is 6.50. The summed E-state index contributed by atoms with van der Waals surface area (Å²) in [5.74, 6) is -10.5. The van der Waals surface area contributed by atoms with E-state index in [0.717, 1.165) is 0 Å². The molecule has 0 fully saturated rings. The number of pyridine rings is 1. The number of para-hydroxylation sites is 1. The van der Waals surface area contributed by atoms with Gasteiger partial charge in [0.25, 0.3) is 0 Å². The molecule has 6 aromatic carbocycles. The fourth-order valence-electron chi connectivity index (χ4n) is 6.50. The minimum absolute atomic E-state index is 0.00297. The van der Waals surface area contributed by atoms with E-state index in [2.05, 4.69) is 18.2 Å². The first-order valence-corrected chi connectivity index (χ1v) is 15.8. The van der Waals surface area contributed by atoms with Crippen LogP contribution in [0.25, 0.3) is 77.6 Å². The molecule has 0 aliphatic rings. The number of hydrogen-bond donors (Lipinski definition) is 0. The maximum absolute atomic E-state index is 15.3. The van der Waals surface area contributed by atoms with Crippen molar-refractivity contribution in [2.45, 2.75) is 0 Å². The van der Waals surface area contributed by atoms with E-state index >= 15 is 8.78 Å². The van der Waals surface area contributed by atoms with Gasteiger partial charge in [-0.15, -0.1) is 0 Å². The van der Waals surface area contributed by atoms with Crippen LogP contribution in [-0.2, 0) is 0 Å². The number of nitrogens with zero attached hydrogens (tertiary/aromatic N) is 6. The summed E-state index contributed by atoms with van der Waals surface area (Å²) in [6.07, 6.45) is 0. The van der Waals surface area contributed by atoms with Gasteiger partial charge >= 0.3 is 0 Å². The van der Waals surface area contributed by atoms with Crippen molar-refractivity contribution in [3.63, 3.8) is 0 Å². The lowest BCUT2D eigenvalue weighted by atomic mass is 9.90. The van der Waals surface area contributed by atoms with Crippen molar-refractivity contribution in [1.82, 2.24) is 15.0 Å². The van der Waals surface area contributed by atoms with Crippen LogP contribution in [0.4, 0.5) is 22.0 Å². The molecular formula is C42H17F5N6. The van der Waals surface area contributed by atoms with E-state index in [9.17, 15) is 29.0 Å². The molecule has 0 aliphatic carbocycles. The first-order chi connectivity index (χ1) is 25.7. The van der Waals surface area contributed by atoms with Gasteiger partial charge < -0.3 is 0 Å². The van der Waals surface area contributed by atoms with E-state index in [1.165, 1.54) is 30.3 Å². The Morgan fingerprint density at radius 1 is 0.453 bits per heavy atom. The maximum Gasteiger partial charge on any atom is 0.200 e. The van der Waals surface area contributed by atoms with Gasteiger partial charge in [0, 0.05) is 32.8 Å². The van der Waals surface area contributed by atoms with Gasteiger partial charge in [-0.25, -0.2) is 36.9 Å². The molecule has 53 heavy (non-hydrogen) atoms. The molecule has 2 heterocycles. The zero-order valence-corrected chi connectivity index (χ0v) is 26.9. The van der Waals surface area contributed by atoms with Crippen LogP contribution in [0.2, 0.25) is 0 Å². The van der Waals surface area contributed by atoms with Gasteiger partial charge in [0.15, 0.2) is 23.3 Å². The van der Waals surface area contributed by atoms with Crippen LogP contribution >= 0.6 is 0 Å². The van der Waals surface area contributed by atoms with Crippen molar-refractivity contribution in [2.24, 2.45) is 0 Å². The van der Waals surface area contributed by atoms with Crippen molar-refractivity contribution in [1.29, 1.82) is 15.8 Å². The van der Waals surface area contributed by atoms with Gasteiger partial charge in [-0.05, 0) is 42.0 Å². The van der Waals surface area contributed by atoms with Crippen molar-refractivity contribution in [3.05, 3.63) is 149 Å². The molecular weight excluding hydrogens is 683 g/mol. The molecule has 11 heteroatoms. The summed E-state index contributed by atoms with van der Waals surface area (Å²) in [5, 5.41) is 30.6. The second-order valence-electron chi connectivity index (χ2n) is 11.9. The highest BCUT2D eigenvalue weighted by atomic mass is 19.2. The Hall–Kier alpha value is -7.55. The highest BCUT2D eigenvalue weighted by Gasteiger charge is 2.29. The van der Waals surface area contributed by atoms with Crippen LogP contribution in [0.15, 0.2) is 103 Å². The van der Waals surface area contributed by atoms with E-state index in [4.69, 9.17) is 15.0 Å². The lowest BCUT2D eigenvalue weighted by Gasteiger charge is -2.18. The zero-order valence-electron chi connectivity index (χ0n) is 26.9. The van der Waals surface area contributed by atoms with Crippen LogP contribution in [0.3, 0.4) is 0 Å². The Morgan fingerprint density at radius 3 is 1.55 bits per heavy atom. The van der Waals surface area contributed by atoms with Gasteiger partial charge in [0.05, 0.1) is 74.1 Å². The molecule has 8 aromatic rings. The SMILES string of the molecule is N#Cc1ccc(-c2nc3cc(C#N)c4c(-c5ccccc5-c5c(F)c(F)c(F)c(F)c5F)nc5ccccc5c4c3nc2-c2ccc(C#N)cc2)cc1. The Labute approximate surface area is 296 Å². The Balaban J connectivity index is 1.53. The standard InChI is InChI=1S/C42H17F5N6/c43-34-33(35(44)37(46)38(47)36(34)45)26-5-1-2-6-27(26)41-31-25(20-50)17-30-42(32(31)28-7-3-4-8-29(28)51-41)53-40(24-15-11-22(19-49)12-16-24)39(52-30)23-13-9-21(18-48)10-14-23/h1-17H. The normalized spacial score (nSPS) is 11.1. The third-order valence-electron chi connectivity index (χ3n) is 8.96. The number of aromatic nitrogens is 3. The molecule has 0 saturated carbocycles. The monoisotopic (exact) mass is 700 g/mol. The summed E-state index contributed by atoms with van der Waals surface area (Å²) in [4.78, 5) is 15.0. The number of benzene rings is 6. The third-order valence-corrected chi connectivity index (χ3v) is 8.96. The fraction of sp³-hybridized carbons (Fsp3) is 0. The van der Waals surface area contributed by atoms with Crippen molar-refractivity contribution >= 4 is 32.7 Å². The van der Waals surface area contributed by atoms with Crippen LogP contribution in [0, 0.1) is 63.1 Å². The average molecular weight is 701 g/mol. The lowest BCUT2D eigenvalue weighted by molar-refractivity contribution is 0.381. The predicted molar refractivity (Wildman–Crippen MR) is 188 cm³/mol. The molecule has 6 nitrogen and oxygen atoms in total. The van der Waals surface area contributed by atoms with Crippen LogP contribution in [0.1, 0.15) is 16.7 Å². The van der Waals surface area contributed by atoms with Crippen LogP contribution in [-0.4, -0.2) is 15.0 Å². The molecule has 0 atom stereocenters. The highest BCUT2D eigenvalue weighted by molar-refractivity contribution is 6.23. The lowest BCUT2D eigenvalue weighted by Crippen LogP contribution is -2.05. The van der Waals surface area contributed by atoms with Crippen LogP contribution < -0.4 is 0 Å². The molecule has 0 N–H and O–H groups in total. The topological polar surface area (TPSA) is 110 Å². The molecule has 250 valence electrons. The summed E-state index contributed by atoms with van der Waals surface area (Å²) in [7, 11) is 0. The molecule has 0 aliphatic heterocycles. The number of rotatable bonds is 4. The van der Waals surface area contributed by atoms with Gasteiger partial charge in [-0.1, -0.05) is 66.7 Å². The van der Waals surface area contributed by atoms with Gasteiger partial charge in [-0.3, -0.25) is 0 Å². The smallest absolute Gasteiger partial charge is 0.200 e. The largest absolute Gasteiger partial charge is 0.247 e. The summed E-state index contributed by atoms with van der Waals surface area (Å²) in [6, 6.07) is 33.8. The van der Waals surface area contributed by atoms with E-state index in [1.54, 1.807) is 72.8 Å². The second-order valence-corrected chi connectivity index (χ2v) is 11.9. The second kappa shape index (κ2) is 12.6. The Kier molecular flexibility index (Phi) is 7.79. The molecule has 8 rings (SSSR count). The summed E-state index contributed by atoms with van der Waals surface area (Å²) >= 11 is 0. The minimum atomic E-state index is -2.29. The quantitative estimate of drug-likeness (QED) is 0.0782. The average Bonchev–Trinajstić information content (AvgIpc) is 3.21. The Morgan fingerprint density at radius 2 is 0.962 bits per heavy atom. The number of nitriles is 3. The molecule has 0 unspecified atom stereocenters. The summed E-state index contributed by atoms with van der Waals surface area (Å²) in [5.41, 5.74) is 2.51. The highest BCUT2D eigenvalue weighted by Crippen LogP contribution is 2.44. The third kappa shape index (κ3) is 5.17. The molecule has 0 saturated heterocycles. The van der Waals surface area contributed by atoms with Gasteiger partial charge in [-0.2, -0.15) is 15.8 Å². The molecule has 0 bridgehead atoms. The molecule has 0 amide bonds. The minimum Gasteiger partial charge on any atom is -0.247 e. The molecule has 0 radical (unpaired) electrons. The zero-order chi connectivity index (χ0) is 37.0. The maximum atomic E-state index is 15.3. The Bertz CT molecular complexity index is 2950. The van der Waals surface area contributed by atoms with E-state index < -0.39 is 34.6 Å². The van der Waals surface area contributed by atoms with E-state index in [0.29, 0.717) is 61.0 Å². The summed E-state index contributed by atoms with van der Waals surface area (Å²) in [6.45, 7) is 0. The first kappa shape index (κ1) is 32.6. The number of fused-ring (bicyclic) bond motifs is 5. The molecule has 0 spiro atoms. The number of hydrogen-bond acceptors (Lipinski definition) is 6.